The largest absolute Gasteiger partial charge is 0.497 e. The molecule has 1 fully saturated rings. The Morgan fingerprint density at radius 1 is 1.14 bits per heavy atom. The number of carbonyl (C=O) groups excluding carboxylic acids is 1. The summed E-state index contributed by atoms with van der Waals surface area (Å²) in [5, 5.41) is 0. The van der Waals surface area contributed by atoms with E-state index in [4.69, 9.17) is 18.9 Å². The fraction of sp³-hybridized carbons (Fsp3) is 0.433. The van der Waals surface area contributed by atoms with Gasteiger partial charge in [0.15, 0.2) is 0 Å². The first-order chi connectivity index (χ1) is 17.1. The fourth-order valence-corrected chi connectivity index (χ4v) is 4.16. The summed E-state index contributed by atoms with van der Waals surface area (Å²) in [7, 11) is 1.65. The quantitative estimate of drug-likeness (QED) is 0.186. The van der Waals surface area contributed by atoms with Crippen molar-refractivity contribution in [3.05, 3.63) is 84.5 Å². The number of hydrogen-bond donors (Lipinski definition) is 0. The van der Waals surface area contributed by atoms with Crippen molar-refractivity contribution in [2.45, 2.75) is 76.5 Å². The SMILES string of the molecule is C=CCCC[C@H](C)OC(=O)C[C@H]1O[C@@H](/C=C/c2ccccc2)CC[C@@H]1OCc1ccc(OC)cc1. The van der Waals surface area contributed by atoms with Crippen molar-refractivity contribution in [3.8, 4) is 5.75 Å². The smallest absolute Gasteiger partial charge is 0.308 e. The molecule has 1 aliphatic heterocycles. The molecule has 0 bridgehead atoms. The van der Waals surface area contributed by atoms with Gasteiger partial charge in [0.2, 0.25) is 0 Å². The Hall–Kier alpha value is -2.89. The molecule has 0 radical (unpaired) electrons. The van der Waals surface area contributed by atoms with Crippen LogP contribution in [0.3, 0.4) is 0 Å². The second kappa shape index (κ2) is 14.5. The summed E-state index contributed by atoms with van der Waals surface area (Å²) in [6, 6.07) is 18.0. The van der Waals surface area contributed by atoms with Crippen molar-refractivity contribution in [1.82, 2.24) is 0 Å². The summed E-state index contributed by atoms with van der Waals surface area (Å²) in [6.07, 6.45) is 9.82. The minimum absolute atomic E-state index is 0.0705. The fourth-order valence-electron chi connectivity index (χ4n) is 4.16. The summed E-state index contributed by atoms with van der Waals surface area (Å²) in [5.41, 5.74) is 2.17. The monoisotopic (exact) mass is 478 g/mol. The minimum atomic E-state index is -0.361. The summed E-state index contributed by atoms with van der Waals surface area (Å²) in [5.74, 6) is 0.567. The molecule has 3 rings (SSSR count). The van der Waals surface area contributed by atoms with E-state index in [2.05, 4.69) is 30.9 Å². The van der Waals surface area contributed by atoms with Crippen molar-refractivity contribution in [2.24, 2.45) is 0 Å². The number of esters is 1. The number of rotatable bonds is 13. The predicted octanol–water partition coefficient (Wildman–Crippen LogP) is 6.52. The van der Waals surface area contributed by atoms with Crippen molar-refractivity contribution < 1.29 is 23.7 Å². The highest BCUT2D eigenvalue weighted by atomic mass is 16.6. The number of ether oxygens (including phenoxy) is 4. The van der Waals surface area contributed by atoms with Gasteiger partial charge in [-0.2, -0.15) is 0 Å². The van der Waals surface area contributed by atoms with Crippen LogP contribution in [0.15, 0.2) is 73.3 Å². The molecule has 2 aromatic carbocycles. The average molecular weight is 479 g/mol. The Balaban J connectivity index is 1.60. The highest BCUT2D eigenvalue weighted by molar-refractivity contribution is 5.70. The molecule has 0 amide bonds. The van der Waals surface area contributed by atoms with Gasteiger partial charge in [-0.15, -0.1) is 6.58 Å². The molecule has 0 saturated carbocycles. The van der Waals surface area contributed by atoms with Gasteiger partial charge in [-0.05, 0) is 62.3 Å². The molecule has 5 nitrogen and oxygen atoms in total. The maximum Gasteiger partial charge on any atom is 0.308 e. The molecule has 188 valence electrons. The third kappa shape index (κ3) is 9.35. The van der Waals surface area contributed by atoms with Gasteiger partial charge >= 0.3 is 5.97 Å². The van der Waals surface area contributed by atoms with Crippen LogP contribution < -0.4 is 4.74 Å². The second-order valence-corrected chi connectivity index (χ2v) is 8.98. The number of unbranched alkanes of at least 4 members (excludes halogenated alkanes) is 1. The van der Waals surface area contributed by atoms with Crippen LogP contribution in [0.1, 0.15) is 56.6 Å². The standard InChI is InChI=1S/C30H38O5/c1-4-5-7-10-23(2)34-30(31)21-29-28(33-22-25-14-16-26(32-3)17-15-25)20-19-27(35-29)18-13-24-11-8-6-9-12-24/h4,6,8-9,11-18,23,27-29H,1,5,7,10,19-22H2,2-3H3/b18-13+/t23-,27-,28-,29+/m0/s1. The van der Waals surface area contributed by atoms with E-state index in [9.17, 15) is 4.79 Å². The van der Waals surface area contributed by atoms with Crippen LogP contribution in [0.4, 0.5) is 0 Å². The van der Waals surface area contributed by atoms with Gasteiger partial charge in [0.1, 0.15) is 5.75 Å². The second-order valence-electron chi connectivity index (χ2n) is 8.98. The van der Waals surface area contributed by atoms with Crippen LogP contribution in [-0.4, -0.2) is 37.5 Å². The van der Waals surface area contributed by atoms with Crippen molar-refractivity contribution in [1.29, 1.82) is 0 Å². The van der Waals surface area contributed by atoms with Gasteiger partial charge in [-0.1, -0.05) is 60.7 Å². The third-order valence-corrected chi connectivity index (χ3v) is 6.15. The molecule has 2 aromatic rings. The van der Waals surface area contributed by atoms with Crippen molar-refractivity contribution in [3.63, 3.8) is 0 Å². The van der Waals surface area contributed by atoms with E-state index in [1.165, 1.54) is 0 Å². The molecule has 5 heteroatoms. The highest BCUT2D eigenvalue weighted by Crippen LogP contribution is 2.27. The molecule has 0 spiro atoms. The van der Waals surface area contributed by atoms with Gasteiger partial charge in [0.05, 0.1) is 44.6 Å². The van der Waals surface area contributed by atoms with E-state index < -0.39 is 0 Å². The highest BCUT2D eigenvalue weighted by Gasteiger charge is 2.33. The molecule has 4 atom stereocenters. The molecular weight excluding hydrogens is 440 g/mol. The number of carbonyl (C=O) groups is 1. The molecule has 0 aromatic heterocycles. The van der Waals surface area contributed by atoms with Crippen molar-refractivity contribution in [2.75, 3.05) is 7.11 Å². The zero-order valence-corrected chi connectivity index (χ0v) is 20.9. The zero-order valence-electron chi connectivity index (χ0n) is 20.9. The van der Waals surface area contributed by atoms with Gasteiger partial charge in [0, 0.05) is 0 Å². The Kier molecular flexibility index (Phi) is 11.1. The number of allylic oxidation sites excluding steroid dienone is 1. The van der Waals surface area contributed by atoms with Crippen LogP contribution in [0.2, 0.25) is 0 Å². The molecule has 1 saturated heterocycles. The number of methoxy groups -OCH3 is 1. The summed E-state index contributed by atoms with van der Waals surface area (Å²) >= 11 is 0. The van der Waals surface area contributed by atoms with E-state index in [1.54, 1.807) is 7.11 Å². The molecule has 0 N–H and O–H groups in total. The Morgan fingerprint density at radius 2 is 1.91 bits per heavy atom. The Morgan fingerprint density at radius 3 is 2.63 bits per heavy atom. The maximum absolute atomic E-state index is 12.7. The molecule has 35 heavy (non-hydrogen) atoms. The lowest BCUT2D eigenvalue weighted by molar-refractivity contribution is -0.165. The normalized spacial score (nSPS) is 20.9. The van der Waals surface area contributed by atoms with Crippen molar-refractivity contribution >= 4 is 12.0 Å². The van der Waals surface area contributed by atoms with E-state index in [0.717, 1.165) is 49.0 Å². The third-order valence-electron chi connectivity index (χ3n) is 6.15. The van der Waals surface area contributed by atoms with E-state index >= 15 is 0 Å². The first kappa shape index (κ1) is 26.7. The van der Waals surface area contributed by atoms with Gasteiger partial charge < -0.3 is 18.9 Å². The molecule has 1 heterocycles. The lowest BCUT2D eigenvalue weighted by Gasteiger charge is -2.35. The lowest BCUT2D eigenvalue weighted by Crippen LogP contribution is -2.41. The molecular formula is C30H38O5. The van der Waals surface area contributed by atoms with Gasteiger partial charge in [-0.25, -0.2) is 0 Å². The summed E-state index contributed by atoms with van der Waals surface area (Å²) in [6.45, 7) is 6.13. The maximum atomic E-state index is 12.7. The van der Waals surface area contributed by atoms with Crippen LogP contribution in [0.5, 0.6) is 5.75 Å². The van der Waals surface area contributed by atoms with Crippen LogP contribution in [0.25, 0.3) is 6.08 Å². The topological polar surface area (TPSA) is 54.0 Å². The van der Waals surface area contributed by atoms with Crippen LogP contribution >= 0.6 is 0 Å². The first-order valence-electron chi connectivity index (χ1n) is 12.5. The van der Waals surface area contributed by atoms with Crippen LogP contribution in [-0.2, 0) is 25.6 Å². The first-order valence-corrected chi connectivity index (χ1v) is 12.5. The number of hydrogen-bond acceptors (Lipinski definition) is 5. The number of benzene rings is 2. The zero-order chi connectivity index (χ0) is 24.9. The minimum Gasteiger partial charge on any atom is -0.497 e. The molecule has 1 aliphatic rings. The summed E-state index contributed by atoms with van der Waals surface area (Å²) in [4.78, 5) is 12.7. The average Bonchev–Trinajstić information content (AvgIpc) is 2.88. The Labute approximate surface area is 209 Å². The van der Waals surface area contributed by atoms with Gasteiger partial charge in [0.25, 0.3) is 0 Å². The molecule has 0 aliphatic carbocycles. The summed E-state index contributed by atoms with van der Waals surface area (Å²) < 4.78 is 23.5. The van der Waals surface area contributed by atoms with Gasteiger partial charge in [-0.3, -0.25) is 4.79 Å². The lowest BCUT2D eigenvalue weighted by atomic mass is 9.97. The predicted molar refractivity (Wildman–Crippen MR) is 139 cm³/mol. The van der Waals surface area contributed by atoms with E-state index in [0.29, 0.717) is 6.61 Å². The van der Waals surface area contributed by atoms with E-state index in [-0.39, 0.29) is 36.8 Å². The Bertz CT molecular complexity index is 922. The molecule has 0 unspecified atom stereocenters. The van der Waals surface area contributed by atoms with E-state index in [1.807, 2.05) is 55.5 Å². The van der Waals surface area contributed by atoms with Crippen LogP contribution in [0, 0.1) is 0 Å².